The maximum Gasteiger partial charge on any atom is 0.278 e. The van der Waals surface area contributed by atoms with Gasteiger partial charge in [-0.3, -0.25) is 4.79 Å². The van der Waals surface area contributed by atoms with Gasteiger partial charge in [-0.2, -0.15) is 0 Å². The zero-order chi connectivity index (χ0) is 11.0. The summed E-state index contributed by atoms with van der Waals surface area (Å²) >= 11 is 0. The summed E-state index contributed by atoms with van der Waals surface area (Å²) in [6, 6.07) is 6.82. The first kappa shape index (κ1) is 9.39. The quantitative estimate of drug-likeness (QED) is 0.656. The molecule has 0 aliphatic heterocycles. The lowest BCUT2D eigenvalue weighted by molar-refractivity contribution is 0.415. The number of anilines is 1. The topological polar surface area (TPSA) is 83.3 Å². The minimum Gasteiger partial charge on any atom is -0.497 e. The van der Waals surface area contributed by atoms with E-state index in [-0.39, 0.29) is 11.4 Å². The van der Waals surface area contributed by atoms with E-state index >= 15 is 0 Å². The summed E-state index contributed by atoms with van der Waals surface area (Å²) in [4.78, 5) is 11.7. The average molecular weight is 205 g/mol. The van der Waals surface area contributed by atoms with Crippen LogP contribution in [0.25, 0.3) is 10.8 Å². The van der Waals surface area contributed by atoms with E-state index in [9.17, 15) is 4.79 Å². The Morgan fingerprint density at radius 3 is 2.73 bits per heavy atom. The number of nitrogens with zero attached hydrogens (tertiary/aromatic N) is 1. The third kappa shape index (κ3) is 1.38. The number of fused-ring (bicyclic) bond motifs is 1. The van der Waals surface area contributed by atoms with E-state index in [1.165, 1.54) is 0 Å². The van der Waals surface area contributed by atoms with Gasteiger partial charge in [0, 0.05) is 0 Å². The van der Waals surface area contributed by atoms with Gasteiger partial charge in [0.15, 0.2) is 0 Å². The molecule has 0 saturated heterocycles. The lowest BCUT2D eigenvalue weighted by Crippen LogP contribution is -2.29. The summed E-state index contributed by atoms with van der Waals surface area (Å²) in [7, 11) is 1.54. The molecule has 1 aromatic heterocycles. The first-order valence-electron chi connectivity index (χ1n) is 4.38. The van der Waals surface area contributed by atoms with Crippen LogP contribution in [-0.4, -0.2) is 11.8 Å². The SMILES string of the molecule is COc1ccc2cc(N)n(N)c(=O)c2c1. The number of nitrogen functional groups attached to an aromatic ring is 2. The molecule has 0 fully saturated rings. The van der Waals surface area contributed by atoms with Crippen molar-refractivity contribution in [3.05, 3.63) is 34.6 Å². The van der Waals surface area contributed by atoms with Crippen LogP contribution in [0.3, 0.4) is 0 Å². The molecule has 0 amide bonds. The standard InChI is InChI=1S/C10H11N3O2/c1-15-7-3-2-6-4-9(11)13(12)10(14)8(6)5-7/h2-5H,11-12H2,1H3. The van der Waals surface area contributed by atoms with Crippen LogP contribution in [-0.2, 0) is 0 Å². The molecule has 5 heteroatoms. The molecule has 0 spiro atoms. The van der Waals surface area contributed by atoms with Crippen molar-refractivity contribution >= 4 is 16.6 Å². The molecule has 0 atom stereocenters. The van der Waals surface area contributed by atoms with Crippen molar-refractivity contribution in [1.29, 1.82) is 0 Å². The molecule has 5 nitrogen and oxygen atoms in total. The van der Waals surface area contributed by atoms with E-state index in [0.717, 1.165) is 10.1 Å². The molecule has 0 saturated carbocycles. The fourth-order valence-electron chi connectivity index (χ4n) is 1.45. The summed E-state index contributed by atoms with van der Waals surface area (Å²) in [6.45, 7) is 0. The number of ether oxygens (including phenoxy) is 1. The Labute approximate surface area is 85.8 Å². The van der Waals surface area contributed by atoms with Gasteiger partial charge in [-0.05, 0) is 23.6 Å². The fourth-order valence-corrected chi connectivity index (χ4v) is 1.45. The predicted octanol–water partition coefficient (Wildman–Crippen LogP) is 0.306. The summed E-state index contributed by atoms with van der Waals surface area (Å²) in [5.74, 6) is 6.33. The molecule has 78 valence electrons. The molecule has 0 unspecified atom stereocenters. The number of hydrogen-bond donors (Lipinski definition) is 2. The van der Waals surface area contributed by atoms with Crippen LogP contribution in [0.4, 0.5) is 5.82 Å². The second-order valence-electron chi connectivity index (χ2n) is 3.20. The molecule has 0 bridgehead atoms. The van der Waals surface area contributed by atoms with Crippen molar-refractivity contribution in [2.75, 3.05) is 18.7 Å². The monoisotopic (exact) mass is 205 g/mol. The van der Waals surface area contributed by atoms with Crippen LogP contribution < -0.4 is 21.9 Å². The second-order valence-corrected chi connectivity index (χ2v) is 3.20. The highest BCUT2D eigenvalue weighted by Crippen LogP contribution is 2.18. The number of benzene rings is 1. The van der Waals surface area contributed by atoms with Gasteiger partial charge in [0.1, 0.15) is 11.6 Å². The van der Waals surface area contributed by atoms with Gasteiger partial charge < -0.3 is 16.3 Å². The molecule has 0 aliphatic carbocycles. The molecular weight excluding hydrogens is 194 g/mol. The van der Waals surface area contributed by atoms with Crippen molar-refractivity contribution in [2.45, 2.75) is 0 Å². The first-order valence-corrected chi connectivity index (χ1v) is 4.38. The van der Waals surface area contributed by atoms with Gasteiger partial charge in [0.2, 0.25) is 0 Å². The maximum atomic E-state index is 11.7. The highest BCUT2D eigenvalue weighted by molar-refractivity contribution is 5.85. The van der Waals surface area contributed by atoms with Gasteiger partial charge in [-0.25, -0.2) is 4.68 Å². The van der Waals surface area contributed by atoms with Crippen LogP contribution in [0, 0.1) is 0 Å². The van der Waals surface area contributed by atoms with Crippen LogP contribution >= 0.6 is 0 Å². The molecular formula is C10H11N3O2. The van der Waals surface area contributed by atoms with Crippen molar-refractivity contribution < 1.29 is 4.74 Å². The number of nitrogens with two attached hydrogens (primary N) is 2. The number of aromatic nitrogens is 1. The van der Waals surface area contributed by atoms with Crippen LogP contribution in [0.2, 0.25) is 0 Å². The smallest absolute Gasteiger partial charge is 0.278 e. The van der Waals surface area contributed by atoms with Crippen molar-refractivity contribution in [3.63, 3.8) is 0 Å². The Hall–Kier alpha value is -2.17. The summed E-state index contributed by atoms with van der Waals surface area (Å²) in [5.41, 5.74) is 5.23. The fraction of sp³-hybridized carbons (Fsp3) is 0.100. The lowest BCUT2D eigenvalue weighted by atomic mass is 10.1. The lowest BCUT2D eigenvalue weighted by Gasteiger charge is -2.06. The van der Waals surface area contributed by atoms with Gasteiger partial charge in [0.25, 0.3) is 5.56 Å². The first-order chi connectivity index (χ1) is 7.13. The van der Waals surface area contributed by atoms with E-state index in [2.05, 4.69) is 0 Å². The Morgan fingerprint density at radius 2 is 2.07 bits per heavy atom. The molecule has 0 aliphatic rings. The summed E-state index contributed by atoms with van der Waals surface area (Å²) < 4.78 is 5.95. The maximum absolute atomic E-state index is 11.7. The summed E-state index contributed by atoms with van der Waals surface area (Å²) in [6.07, 6.45) is 0. The highest BCUT2D eigenvalue weighted by Gasteiger charge is 2.05. The van der Waals surface area contributed by atoms with Gasteiger partial charge in [-0.15, -0.1) is 0 Å². The Balaban J connectivity index is 2.88. The molecule has 2 rings (SSSR count). The Bertz CT molecular complexity index is 575. The molecule has 15 heavy (non-hydrogen) atoms. The minimum absolute atomic E-state index is 0.234. The molecule has 2 aromatic rings. The molecule has 1 aromatic carbocycles. The second kappa shape index (κ2) is 3.20. The van der Waals surface area contributed by atoms with Gasteiger partial charge >= 0.3 is 0 Å². The normalized spacial score (nSPS) is 10.5. The Morgan fingerprint density at radius 1 is 1.33 bits per heavy atom. The van der Waals surface area contributed by atoms with E-state index in [1.807, 2.05) is 0 Å². The largest absolute Gasteiger partial charge is 0.497 e. The van der Waals surface area contributed by atoms with Crippen LogP contribution in [0.15, 0.2) is 29.1 Å². The van der Waals surface area contributed by atoms with Crippen LogP contribution in [0.1, 0.15) is 0 Å². The third-order valence-corrected chi connectivity index (χ3v) is 2.29. The average Bonchev–Trinajstić information content (AvgIpc) is 2.26. The number of hydrogen-bond acceptors (Lipinski definition) is 4. The van der Waals surface area contributed by atoms with E-state index in [1.54, 1.807) is 31.4 Å². The third-order valence-electron chi connectivity index (χ3n) is 2.29. The minimum atomic E-state index is -0.330. The van der Waals surface area contributed by atoms with E-state index in [0.29, 0.717) is 11.1 Å². The number of rotatable bonds is 1. The Kier molecular flexibility index (Phi) is 2.00. The summed E-state index contributed by atoms with van der Waals surface area (Å²) in [5, 5.41) is 1.24. The van der Waals surface area contributed by atoms with E-state index < -0.39 is 0 Å². The van der Waals surface area contributed by atoms with Crippen molar-refractivity contribution in [1.82, 2.24) is 4.68 Å². The molecule has 4 N–H and O–H groups in total. The molecule has 0 radical (unpaired) electrons. The zero-order valence-corrected chi connectivity index (χ0v) is 8.23. The van der Waals surface area contributed by atoms with Crippen molar-refractivity contribution in [2.24, 2.45) is 0 Å². The van der Waals surface area contributed by atoms with Crippen LogP contribution in [0.5, 0.6) is 5.75 Å². The number of methoxy groups -OCH3 is 1. The highest BCUT2D eigenvalue weighted by atomic mass is 16.5. The predicted molar refractivity (Wildman–Crippen MR) is 59.3 cm³/mol. The van der Waals surface area contributed by atoms with Crippen molar-refractivity contribution in [3.8, 4) is 5.75 Å². The zero-order valence-electron chi connectivity index (χ0n) is 8.23. The van der Waals surface area contributed by atoms with E-state index in [4.69, 9.17) is 16.3 Å². The number of pyridine rings is 1. The van der Waals surface area contributed by atoms with Gasteiger partial charge in [0.05, 0.1) is 12.5 Å². The van der Waals surface area contributed by atoms with Gasteiger partial charge in [-0.1, -0.05) is 6.07 Å². The molecule has 1 heterocycles.